The molecule has 21 heavy (non-hydrogen) atoms. The Bertz CT molecular complexity index is 649. The van der Waals surface area contributed by atoms with Gasteiger partial charge < -0.3 is 5.73 Å². The number of hydrogen-bond donors (Lipinski definition) is 1. The maximum Gasteiger partial charge on any atom is 0.416 e. The Hall–Kier alpha value is -2.31. The van der Waals surface area contributed by atoms with Crippen molar-refractivity contribution < 1.29 is 18.0 Å². The van der Waals surface area contributed by atoms with Gasteiger partial charge >= 0.3 is 6.18 Å². The SMILES string of the molecule is CCC(c1ccccc1C(F)(F)F)n1cc(C(N)=O)cn1. The van der Waals surface area contributed by atoms with E-state index in [9.17, 15) is 18.0 Å². The topological polar surface area (TPSA) is 60.9 Å². The Morgan fingerprint density at radius 2 is 2.05 bits per heavy atom. The van der Waals surface area contributed by atoms with Crippen LogP contribution in [0.4, 0.5) is 13.2 Å². The van der Waals surface area contributed by atoms with E-state index in [0.29, 0.717) is 6.42 Å². The van der Waals surface area contributed by atoms with Crippen LogP contribution in [0.1, 0.15) is 40.9 Å². The Labute approximate surface area is 119 Å². The molecule has 0 bridgehead atoms. The number of nitrogens with zero attached hydrogens (tertiary/aromatic N) is 2. The first-order chi connectivity index (χ1) is 9.84. The van der Waals surface area contributed by atoms with E-state index in [4.69, 9.17) is 5.73 Å². The van der Waals surface area contributed by atoms with E-state index in [1.165, 1.54) is 29.2 Å². The first kappa shape index (κ1) is 15.1. The molecule has 1 atom stereocenters. The monoisotopic (exact) mass is 297 g/mol. The fraction of sp³-hybridized carbons (Fsp3) is 0.286. The van der Waals surface area contributed by atoms with Gasteiger partial charge in [0.1, 0.15) is 0 Å². The van der Waals surface area contributed by atoms with Crippen LogP contribution in [-0.4, -0.2) is 15.7 Å². The lowest BCUT2D eigenvalue weighted by atomic mass is 9.98. The van der Waals surface area contributed by atoms with Crippen LogP contribution in [0.5, 0.6) is 0 Å². The Morgan fingerprint density at radius 3 is 2.57 bits per heavy atom. The van der Waals surface area contributed by atoms with Gasteiger partial charge in [-0.2, -0.15) is 18.3 Å². The number of rotatable bonds is 4. The summed E-state index contributed by atoms with van der Waals surface area (Å²) in [5, 5.41) is 3.96. The molecule has 0 saturated carbocycles. The molecule has 112 valence electrons. The zero-order valence-electron chi connectivity index (χ0n) is 11.3. The maximum absolute atomic E-state index is 13.1. The van der Waals surface area contributed by atoms with Crippen molar-refractivity contribution in [1.29, 1.82) is 0 Å². The van der Waals surface area contributed by atoms with E-state index in [-0.39, 0.29) is 11.1 Å². The largest absolute Gasteiger partial charge is 0.416 e. The van der Waals surface area contributed by atoms with Crippen LogP contribution >= 0.6 is 0 Å². The third-order valence-corrected chi connectivity index (χ3v) is 3.22. The molecular weight excluding hydrogens is 283 g/mol. The molecule has 2 N–H and O–H groups in total. The molecule has 2 aromatic rings. The van der Waals surface area contributed by atoms with E-state index >= 15 is 0 Å². The zero-order valence-corrected chi connectivity index (χ0v) is 11.3. The molecule has 2 rings (SSSR count). The van der Waals surface area contributed by atoms with Gasteiger partial charge in [0.05, 0.1) is 23.4 Å². The standard InChI is InChI=1S/C14H14F3N3O/c1-2-12(20-8-9(7-19-20)13(18)21)10-5-3-4-6-11(10)14(15,16)17/h3-8,12H,2H2,1H3,(H2,18,21). The first-order valence-corrected chi connectivity index (χ1v) is 6.34. The quantitative estimate of drug-likeness (QED) is 0.943. The minimum atomic E-state index is -4.44. The summed E-state index contributed by atoms with van der Waals surface area (Å²) in [6, 6.07) is 4.73. The van der Waals surface area contributed by atoms with Gasteiger partial charge in [-0.05, 0) is 18.1 Å². The number of carbonyl (C=O) groups is 1. The summed E-state index contributed by atoms with van der Waals surface area (Å²) in [5.74, 6) is -0.666. The van der Waals surface area contributed by atoms with Crippen molar-refractivity contribution in [2.45, 2.75) is 25.6 Å². The van der Waals surface area contributed by atoms with E-state index < -0.39 is 23.7 Å². The summed E-state index contributed by atoms with van der Waals surface area (Å²) in [5.41, 5.74) is 4.72. The molecule has 1 amide bonds. The molecule has 0 aliphatic rings. The maximum atomic E-state index is 13.1. The molecule has 0 aliphatic heterocycles. The number of benzene rings is 1. The second-order valence-corrected chi connectivity index (χ2v) is 4.58. The van der Waals surface area contributed by atoms with Gasteiger partial charge in [0.2, 0.25) is 0 Å². The van der Waals surface area contributed by atoms with Crippen molar-refractivity contribution in [2.24, 2.45) is 5.73 Å². The highest BCUT2D eigenvalue weighted by atomic mass is 19.4. The van der Waals surface area contributed by atoms with Gasteiger partial charge in [-0.1, -0.05) is 25.1 Å². The smallest absolute Gasteiger partial charge is 0.366 e. The summed E-state index contributed by atoms with van der Waals surface area (Å²) in [6.45, 7) is 1.75. The molecular formula is C14H14F3N3O. The molecule has 1 aromatic heterocycles. The number of primary amides is 1. The molecule has 0 fully saturated rings. The molecule has 0 spiro atoms. The van der Waals surface area contributed by atoms with Crippen LogP contribution in [-0.2, 0) is 6.18 Å². The highest BCUT2D eigenvalue weighted by Crippen LogP contribution is 2.36. The molecule has 7 heteroatoms. The Morgan fingerprint density at radius 1 is 1.38 bits per heavy atom. The van der Waals surface area contributed by atoms with Gasteiger partial charge in [0.25, 0.3) is 5.91 Å². The minimum absolute atomic E-state index is 0.117. The van der Waals surface area contributed by atoms with E-state index in [2.05, 4.69) is 5.10 Å². The van der Waals surface area contributed by atoms with Gasteiger partial charge in [-0.25, -0.2) is 0 Å². The van der Waals surface area contributed by atoms with Crippen molar-refractivity contribution in [1.82, 2.24) is 9.78 Å². The normalized spacial score (nSPS) is 13.1. The zero-order chi connectivity index (χ0) is 15.6. The van der Waals surface area contributed by atoms with Crippen molar-refractivity contribution in [3.05, 3.63) is 53.3 Å². The van der Waals surface area contributed by atoms with Gasteiger partial charge in [-0.3, -0.25) is 9.48 Å². The fourth-order valence-electron chi connectivity index (χ4n) is 2.23. The van der Waals surface area contributed by atoms with Crippen LogP contribution in [0.2, 0.25) is 0 Å². The molecule has 1 unspecified atom stereocenters. The molecule has 1 heterocycles. The molecule has 4 nitrogen and oxygen atoms in total. The molecule has 1 aromatic carbocycles. The number of alkyl halides is 3. The van der Waals surface area contributed by atoms with Crippen LogP contribution in [0.3, 0.4) is 0 Å². The summed E-state index contributed by atoms with van der Waals surface area (Å²) < 4.78 is 40.6. The van der Waals surface area contributed by atoms with Crippen LogP contribution in [0, 0.1) is 0 Å². The summed E-state index contributed by atoms with van der Waals surface area (Å²) in [6.07, 6.45) is -1.43. The van der Waals surface area contributed by atoms with Gasteiger partial charge in [0, 0.05) is 6.20 Å². The third-order valence-electron chi connectivity index (χ3n) is 3.22. The molecule has 0 saturated heterocycles. The molecule has 0 aliphatic carbocycles. The highest BCUT2D eigenvalue weighted by molar-refractivity contribution is 5.92. The second-order valence-electron chi connectivity index (χ2n) is 4.58. The van der Waals surface area contributed by atoms with E-state index in [1.807, 2.05) is 0 Å². The molecule has 0 radical (unpaired) electrons. The van der Waals surface area contributed by atoms with E-state index in [0.717, 1.165) is 6.07 Å². The second kappa shape index (κ2) is 5.59. The fourth-order valence-corrected chi connectivity index (χ4v) is 2.23. The summed E-state index contributed by atoms with van der Waals surface area (Å²) in [4.78, 5) is 11.1. The number of aromatic nitrogens is 2. The Balaban J connectivity index is 2.49. The number of amides is 1. The van der Waals surface area contributed by atoms with Crippen molar-refractivity contribution in [3.63, 3.8) is 0 Å². The lowest BCUT2D eigenvalue weighted by Crippen LogP contribution is -2.17. The average molecular weight is 297 g/mol. The number of carbonyl (C=O) groups excluding carboxylic acids is 1. The number of halogens is 3. The lowest BCUT2D eigenvalue weighted by molar-refractivity contribution is -0.138. The predicted octanol–water partition coefficient (Wildman–Crippen LogP) is 3.00. The van der Waals surface area contributed by atoms with Crippen LogP contribution in [0.25, 0.3) is 0 Å². The third kappa shape index (κ3) is 3.07. The summed E-state index contributed by atoms with van der Waals surface area (Å²) >= 11 is 0. The Kier molecular flexibility index (Phi) is 4.02. The average Bonchev–Trinajstić information content (AvgIpc) is 2.89. The lowest BCUT2D eigenvalue weighted by Gasteiger charge is -2.21. The highest BCUT2D eigenvalue weighted by Gasteiger charge is 2.35. The number of hydrogen-bond acceptors (Lipinski definition) is 2. The van der Waals surface area contributed by atoms with Crippen LogP contribution < -0.4 is 5.73 Å². The summed E-state index contributed by atoms with van der Waals surface area (Å²) in [7, 11) is 0. The van der Waals surface area contributed by atoms with Gasteiger partial charge in [0.15, 0.2) is 0 Å². The minimum Gasteiger partial charge on any atom is -0.366 e. The van der Waals surface area contributed by atoms with Crippen molar-refractivity contribution >= 4 is 5.91 Å². The predicted molar refractivity (Wildman–Crippen MR) is 70.6 cm³/mol. The van der Waals surface area contributed by atoms with Gasteiger partial charge in [-0.15, -0.1) is 0 Å². The van der Waals surface area contributed by atoms with Crippen molar-refractivity contribution in [3.8, 4) is 0 Å². The van der Waals surface area contributed by atoms with E-state index in [1.54, 1.807) is 13.0 Å². The van der Waals surface area contributed by atoms with Crippen molar-refractivity contribution in [2.75, 3.05) is 0 Å². The first-order valence-electron chi connectivity index (χ1n) is 6.34. The number of nitrogens with two attached hydrogens (primary N) is 1. The van der Waals surface area contributed by atoms with Crippen LogP contribution in [0.15, 0.2) is 36.7 Å².